The highest BCUT2D eigenvalue weighted by Gasteiger charge is 2.36. The summed E-state index contributed by atoms with van der Waals surface area (Å²) in [5, 5.41) is 2.76. The van der Waals surface area contributed by atoms with E-state index in [2.05, 4.69) is 5.32 Å². The van der Waals surface area contributed by atoms with Crippen LogP contribution in [0.15, 0.2) is 42.5 Å². The molecule has 0 bridgehead atoms. The molecule has 1 saturated heterocycles. The van der Waals surface area contributed by atoms with Gasteiger partial charge in [-0.1, -0.05) is 12.1 Å². The van der Waals surface area contributed by atoms with Crippen molar-refractivity contribution in [2.24, 2.45) is 5.92 Å². The first-order chi connectivity index (χ1) is 14.5. The molecule has 1 heterocycles. The Balaban J connectivity index is 1.78. The molecule has 30 heavy (non-hydrogen) atoms. The van der Waals surface area contributed by atoms with Crippen LogP contribution in [0.5, 0.6) is 11.5 Å². The number of amides is 2. The Bertz CT molecular complexity index is 958. The molecule has 8 nitrogen and oxygen atoms in total. The summed E-state index contributed by atoms with van der Waals surface area (Å²) in [4.78, 5) is 39.1. The van der Waals surface area contributed by atoms with Gasteiger partial charge >= 0.3 is 5.97 Å². The number of nitrogens with zero attached hydrogens (tertiary/aromatic N) is 1. The molecule has 2 aromatic carbocycles. The molecule has 1 atom stereocenters. The number of carbonyl (C=O) groups excluding carboxylic acids is 3. The van der Waals surface area contributed by atoms with Crippen LogP contribution in [0.3, 0.4) is 0 Å². The number of para-hydroxylation sites is 1. The van der Waals surface area contributed by atoms with Crippen LogP contribution in [-0.2, 0) is 14.3 Å². The molecule has 1 aliphatic heterocycles. The lowest BCUT2D eigenvalue weighted by atomic mass is 10.1. The molecule has 1 N–H and O–H groups in total. The second-order valence-corrected chi connectivity index (χ2v) is 6.70. The van der Waals surface area contributed by atoms with Crippen molar-refractivity contribution in [2.75, 3.05) is 37.6 Å². The molecule has 0 unspecified atom stereocenters. The summed E-state index contributed by atoms with van der Waals surface area (Å²) in [6, 6.07) is 11.8. The maximum Gasteiger partial charge on any atom is 0.340 e. The molecule has 0 spiro atoms. The van der Waals surface area contributed by atoms with Gasteiger partial charge in [-0.15, -0.1) is 0 Å². The fourth-order valence-corrected chi connectivity index (χ4v) is 3.34. The minimum Gasteiger partial charge on any atom is -0.497 e. The number of benzene rings is 2. The van der Waals surface area contributed by atoms with Crippen LogP contribution in [0.4, 0.5) is 11.4 Å². The van der Waals surface area contributed by atoms with Gasteiger partial charge in [-0.05, 0) is 31.2 Å². The van der Waals surface area contributed by atoms with E-state index in [0.29, 0.717) is 22.9 Å². The van der Waals surface area contributed by atoms with E-state index in [9.17, 15) is 14.4 Å². The van der Waals surface area contributed by atoms with E-state index in [1.54, 1.807) is 49.4 Å². The number of anilines is 2. The third-order valence-electron chi connectivity index (χ3n) is 4.85. The third-order valence-corrected chi connectivity index (χ3v) is 4.85. The zero-order valence-corrected chi connectivity index (χ0v) is 17.1. The Morgan fingerprint density at radius 3 is 2.60 bits per heavy atom. The average molecular weight is 412 g/mol. The van der Waals surface area contributed by atoms with Gasteiger partial charge in [0.15, 0.2) is 0 Å². The quantitative estimate of drug-likeness (QED) is 0.703. The van der Waals surface area contributed by atoms with Gasteiger partial charge in [0.2, 0.25) is 11.8 Å². The number of nitrogens with one attached hydrogen (secondary N) is 1. The molecule has 3 rings (SSSR count). The summed E-state index contributed by atoms with van der Waals surface area (Å²) in [6.45, 7) is 2.13. The summed E-state index contributed by atoms with van der Waals surface area (Å²) in [7, 11) is 3.05. The first kappa shape index (κ1) is 21.2. The van der Waals surface area contributed by atoms with Gasteiger partial charge in [0.1, 0.15) is 11.5 Å². The largest absolute Gasteiger partial charge is 0.497 e. The molecule has 8 heteroatoms. The molecule has 1 aliphatic rings. The number of carbonyl (C=O) groups is 3. The van der Waals surface area contributed by atoms with Crippen molar-refractivity contribution >= 4 is 29.2 Å². The van der Waals surface area contributed by atoms with Gasteiger partial charge in [0.05, 0.1) is 43.7 Å². The topological polar surface area (TPSA) is 94.2 Å². The van der Waals surface area contributed by atoms with E-state index >= 15 is 0 Å². The molecule has 2 aromatic rings. The maximum atomic E-state index is 12.8. The van der Waals surface area contributed by atoms with Gasteiger partial charge in [-0.25, -0.2) is 4.79 Å². The van der Waals surface area contributed by atoms with Gasteiger partial charge in [-0.2, -0.15) is 0 Å². The van der Waals surface area contributed by atoms with Crippen molar-refractivity contribution in [1.29, 1.82) is 0 Å². The van der Waals surface area contributed by atoms with Crippen LogP contribution in [0, 0.1) is 5.92 Å². The van der Waals surface area contributed by atoms with Gasteiger partial charge in [0, 0.05) is 19.0 Å². The lowest BCUT2D eigenvalue weighted by Crippen LogP contribution is -2.28. The highest BCUT2D eigenvalue weighted by atomic mass is 16.5. The SMILES string of the molecule is CCOC(=O)c1ccccc1NC(=O)[C@@H]1CC(=O)N(c2cc(OC)ccc2OC)C1. The lowest BCUT2D eigenvalue weighted by Gasteiger charge is -2.20. The van der Waals surface area contributed by atoms with Crippen molar-refractivity contribution in [2.45, 2.75) is 13.3 Å². The molecular formula is C22H24N2O6. The molecule has 0 radical (unpaired) electrons. The second kappa shape index (κ2) is 9.30. The fourth-order valence-electron chi connectivity index (χ4n) is 3.34. The Morgan fingerprint density at radius 2 is 1.90 bits per heavy atom. The Labute approximate surface area is 174 Å². The van der Waals surface area contributed by atoms with E-state index in [1.807, 2.05) is 0 Å². The van der Waals surface area contributed by atoms with Gasteiger partial charge < -0.3 is 24.4 Å². The van der Waals surface area contributed by atoms with Crippen molar-refractivity contribution < 1.29 is 28.6 Å². The molecule has 0 aromatic heterocycles. The summed E-state index contributed by atoms with van der Waals surface area (Å²) in [5.41, 5.74) is 1.17. The minimum absolute atomic E-state index is 0.0494. The highest BCUT2D eigenvalue weighted by Crippen LogP contribution is 2.36. The normalized spacial score (nSPS) is 15.6. The zero-order chi connectivity index (χ0) is 21.7. The van der Waals surface area contributed by atoms with Crippen molar-refractivity contribution in [1.82, 2.24) is 0 Å². The van der Waals surface area contributed by atoms with Gasteiger partial charge in [0.25, 0.3) is 0 Å². The van der Waals surface area contributed by atoms with E-state index in [0.717, 1.165) is 0 Å². The van der Waals surface area contributed by atoms with Crippen molar-refractivity contribution in [3.05, 3.63) is 48.0 Å². The van der Waals surface area contributed by atoms with E-state index in [4.69, 9.17) is 14.2 Å². The maximum absolute atomic E-state index is 12.8. The number of hydrogen-bond donors (Lipinski definition) is 1. The minimum atomic E-state index is -0.580. The fraction of sp³-hybridized carbons (Fsp3) is 0.318. The Kier molecular flexibility index (Phi) is 6.56. The van der Waals surface area contributed by atoms with Gasteiger partial charge in [-0.3, -0.25) is 9.59 Å². The highest BCUT2D eigenvalue weighted by molar-refractivity contribution is 6.06. The van der Waals surface area contributed by atoms with E-state index in [1.165, 1.54) is 19.1 Å². The van der Waals surface area contributed by atoms with E-state index in [-0.39, 0.29) is 37.0 Å². The Morgan fingerprint density at radius 1 is 1.13 bits per heavy atom. The standard InChI is InChI=1S/C22H24N2O6/c1-4-30-22(27)16-7-5-6-8-17(16)23-21(26)14-11-20(25)24(13-14)18-12-15(28-2)9-10-19(18)29-3/h5-10,12,14H,4,11,13H2,1-3H3,(H,23,26)/t14-/m1/s1. The molecule has 2 amide bonds. The molecule has 0 aliphatic carbocycles. The third kappa shape index (κ3) is 4.37. The number of rotatable bonds is 7. The van der Waals surface area contributed by atoms with Crippen LogP contribution in [0.1, 0.15) is 23.7 Å². The first-order valence-electron chi connectivity index (χ1n) is 9.57. The zero-order valence-electron chi connectivity index (χ0n) is 17.1. The first-order valence-corrected chi connectivity index (χ1v) is 9.57. The smallest absolute Gasteiger partial charge is 0.340 e. The number of methoxy groups -OCH3 is 2. The number of ether oxygens (including phenoxy) is 3. The van der Waals surface area contributed by atoms with Crippen LogP contribution < -0.4 is 19.7 Å². The summed E-state index contributed by atoms with van der Waals surface area (Å²) in [5.74, 6) is -0.542. The predicted molar refractivity (Wildman–Crippen MR) is 111 cm³/mol. The predicted octanol–water partition coefficient (Wildman–Crippen LogP) is 2.87. The molecule has 1 fully saturated rings. The van der Waals surface area contributed by atoms with Crippen LogP contribution in [-0.4, -0.2) is 45.2 Å². The second-order valence-electron chi connectivity index (χ2n) is 6.70. The average Bonchev–Trinajstić information content (AvgIpc) is 3.15. The molecule has 158 valence electrons. The monoisotopic (exact) mass is 412 g/mol. The molecular weight excluding hydrogens is 388 g/mol. The van der Waals surface area contributed by atoms with Crippen LogP contribution >= 0.6 is 0 Å². The lowest BCUT2D eigenvalue weighted by molar-refractivity contribution is -0.122. The number of esters is 1. The summed E-state index contributed by atoms with van der Waals surface area (Å²) >= 11 is 0. The number of hydrogen-bond acceptors (Lipinski definition) is 6. The Hall–Kier alpha value is -3.55. The van der Waals surface area contributed by atoms with E-state index < -0.39 is 11.9 Å². The van der Waals surface area contributed by atoms with Crippen molar-refractivity contribution in [3.8, 4) is 11.5 Å². The summed E-state index contributed by atoms with van der Waals surface area (Å²) in [6.07, 6.45) is 0.0494. The molecule has 0 saturated carbocycles. The van der Waals surface area contributed by atoms with Crippen LogP contribution in [0.25, 0.3) is 0 Å². The summed E-state index contributed by atoms with van der Waals surface area (Å²) < 4.78 is 15.6. The van der Waals surface area contributed by atoms with Crippen molar-refractivity contribution in [3.63, 3.8) is 0 Å². The van der Waals surface area contributed by atoms with Crippen LogP contribution in [0.2, 0.25) is 0 Å².